The van der Waals surface area contributed by atoms with E-state index in [0.29, 0.717) is 5.56 Å². The highest BCUT2D eigenvalue weighted by Gasteiger charge is 2.45. The monoisotopic (exact) mass is 345 g/mol. The van der Waals surface area contributed by atoms with Crippen molar-refractivity contribution in [1.29, 1.82) is 0 Å². The molecular formula is C16H21F2NO3S. The number of carbonyl (C=O) groups is 1. The van der Waals surface area contributed by atoms with Gasteiger partial charge < -0.3 is 0 Å². The van der Waals surface area contributed by atoms with Gasteiger partial charge >= 0.3 is 0 Å². The van der Waals surface area contributed by atoms with Crippen LogP contribution < -0.4 is 0 Å². The number of carbonyl (C=O) groups excluding carboxylic acids is 1. The molecule has 2 atom stereocenters. The molecular weight excluding hydrogens is 324 g/mol. The van der Waals surface area contributed by atoms with Crippen molar-refractivity contribution in [3.8, 4) is 0 Å². The van der Waals surface area contributed by atoms with Crippen molar-refractivity contribution in [3.05, 3.63) is 35.1 Å². The maximum atomic E-state index is 13.9. The number of benzene rings is 1. The Morgan fingerprint density at radius 3 is 2.39 bits per heavy atom. The number of halogens is 2. The van der Waals surface area contributed by atoms with E-state index in [1.807, 2.05) is 0 Å². The van der Waals surface area contributed by atoms with E-state index in [-0.39, 0.29) is 24.3 Å². The number of hydrogen-bond donors (Lipinski definition) is 0. The summed E-state index contributed by atoms with van der Waals surface area (Å²) in [7, 11) is -3.77. The Bertz CT molecular complexity index is 725. The number of Topliss-reactive ketones (excluding diaryl/α,β-unsaturated/α-hetero) is 1. The molecule has 0 spiro atoms. The van der Waals surface area contributed by atoms with E-state index < -0.39 is 32.8 Å². The molecule has 1 aromatic carbocycles. The lowest BCUT2D eigenvalue weighted by Gasteiger charge is -2.31. The fourth-order valence-electron chi connectivity index (χ4n) is 2.68. The van der Waals surface area contributed by atoms with Crippen LogP contribution in [0.15, 0.2) is 18.2 Å². The van der Waals surface area contributed by atoms with Gasteiger partial charge in [-0.1, -0.05) is 0 Å². The molecule has 0 unspecified atom stereocenters. The molecule has 0 saturated carbocycles. The first-order valence-electron chi connectivity index (χ1n) is 7.40. The number of rotatable bonds is 3. The summed E-state index contributed by atoms with van der Waals surface area (Å²) in [5.74, 6) is -0.964. The predicted molar refractivity (Wildman–Crippen MR) is 84.0 cm³/mol. The third-order valence-corrected chi connectivity index (χ3v) is 6.57. The molecule has 1 saturated heterocycles. The SMILES string of the molecule is CC(=O)c1cc(F)cc([C@H]2C[C@H](F)CN2S(=O)(=O)C(C)(C)C)c1. The Balaban J connectivity index is 2.51. The van der Waals surface area contributed by atoms with E-state index in [1.54, 1.807) is 0 Å². The lowest BCUT2D eigenvalue weighted by molar-refractivity contribution is 0.101. The molecule has 0 aromatic heterocycles. The summed E-state index contributed by atoms with van der Waals surface area (Å²) < 4.78 is 53.1. The molecule has 0 N–H and O–H groups in total. The van der Waals surface area contributed by atoms with Gasteiger partial charge in [-0.05, 0) is 51.5 Å². The summed E-state index contributed by atoms with van der Waals surface area (Å²) in [6.07, 6.45) is -1.36. The highest BCUT2D eigenvalue weighted by molar-refractivity contribution is 7.90. The molecule has 23 heavy (non-hydrogen) atoms. The number of sulfonamides is 1. The summed E-state index contributed by atoms with van der Waals surface area (Å²) in [4.78, 5) is 11.5. The normalized spacial score (nSPS) is 23.2. The molecule has 0 aliphatic carbocycles. The molecule has 0 radical (unpaired) electrons. The van der Waals surface area contributed by atoms with Gasteiger partial charge in [-0.3, -0.25) is 4.79 Å². The van der Waals surface area contributed by atoms with E-state index in [0.717, 1.165) is 10.4 Å². The van der Waals surface area contributed by atoms with Crippen LogP contribution >= 0.6 is 0 Å². The van der Waals surface area contributed by atoms with Crippen molar-refractivity contribution in [3.63, 3.8) is 0 Å². The molecule has 1 heterocycles. The van der Waals surface area contributed by atoms with Gasteiger partial charge in [0.2, 0.25) is 10.0 Å². The smallest absolute Gasteiger partial charge is 0.219 e. The van der Waals surface area contributed by atoms with Gasteiger partial charge in [0.25, 0.3) is 0 Å². The lowest BCUT2D eigenvalue weighted by Crippen LogP contribution is -2.43. The van der Waals surface area contributed by atoms with Crippen LogP contribution in [0.3, 0.4) is 0 Å². The number of alkyl halides is 1. The largest absolute Gasteiger partial charge is 0.295 e. The molecule has 7 heteroatoms. The van der Waals surface area contributed by atoms with Gasteiger partial charge in [0.05, 0.1) is 10.8 Å². The van der Waals surface area contributed by atoms with Crippen molar-refractivity contribution in [2.75, 3.05) is 6.54 Å². The molecule has 1 fully saturated rings. The molecule has 4 nitrogen and oxygen atoms in total. The average molecular weight is 345 g/mol. The Kier molecular flexibility index (Phi) is 4.65. The van der Waals surface area contributed by atoms with Crippen LogP contribution in [0.2, 0.25) is 0 Å². The Hall–Kier alpha value is -1.34. The lowest BCUT2D eigenvalue weighted by atomic mass is 10.0. The van der Waals surface area contributed by atoms with E-state index in [2.05, 4.69) is 0 Å². The average Bonchev–Trinajstić information content (AvgIpc) is 2.79. The van der Waals surface area contributed by atoms with Crippen molar-refractivity contribution in [1.82, 2.24) is 4.31 Å². The summed E-state index contributed by atoms with van der Waals surface area (Å²) in [6.45, 7) is 5.66. The van der Waals surface area contributed by atoms with Crippen molar-refractivity contribution in [2.45, 2.75) is 51.1 Å². The second kappa shape index (κ2) is 5.94. The first-order valence-corrected chi connectivity index (χ1v) is 8.84. The number of nitrogens with zero attached hydrogens (tertiary/aromatic N) is 1. The predicted octanol–water partition coefficient (Wildman–Crippen LogP) is 3.24. The fraction of sp³-hybridized carbons (Fsp3) is 0.562. The highest BCUT2D eigenvalue weighted by atomic mass is 32.2. The van der Waals surface area contributed by atoms with Crippen molar-refractivity contribution in [2.24, 2.45) is 0 Å². The zero-order valence-electron chi connectivity index (χ0n) is 13.6. The second-order valence-electron chi connectivity index (χ2n) is 6.87. The minimum Gasteiger partial charge on any atom is -0.295 e. The first-order chi connectivity index (χ1) is 10.4. The molecule has 1 aromatic rings. The van der Waals surface area contributed by atoms with E-state index in [9.17, 15) is 22.0 Å². The molecule has 1 aliphatic rings. The van der Waals surface area contributed by atoms with Gasteiger partial charge in [-0.15, -0.1) is 0 Å². The number of ketones is 1. The Morgan fingerprint density at radius 2 is 1.87 bits per heavy atom. The standard InChI is InChI=1S/C16H21F2NO3S/c1-10(20)11-5-12(7-13(17)6-11)15-8-14(18)9-19(15)23(21,22)16(2,3)4/h5-7,14-15H,8-9H2,1-4H3/t14-,15+/m0/s1. The van der Waals surface area contributed by atoms with Gasteiger partial charge in [-0.25, -0.2) is 17.2 Å². The quantitative estimate of drug-likeness (QED) is 0.790. The minimum atomic E-state index is -3.77. The number of hydrogen-bond acceptors (Lipinski definition) is 3. The van der Waals surface area contributed by atoms with Crippen LogP contribution in [-0.2, 0) is 10.0 Å². The molecule has 0 amide bonds. The third-order valence-electron chi connectivity index (χ3n) is 4.00. The highest BCUT2D eigenvalue weighted by Crippen LogP contribution is 2.39. The zero-order valence-corrected chi connectivity index (χ0v) is 14.5. The summed E-state index contributed by atoms with van der Waals surface area (Å²) in [5, 5.41) is 0. The molecule has 128 valence electrons. The topological polar surface area (TPSA) is 54.5 Å². The molecule has 0 bridgehead atoms. The zero-order chi connectivity index (χ0) is 17.6. The van der Waals surface area contributed by atoms with E-state index in [4.69, 9.17) is 0 Å². The van der Waals surface area contributed by atoms with Gasteiger partial charge in [0.1, 0.15) is 12.0 Å². The first kappa shape index (κ1) is 18.0. The summed E-state index contributed by atoms with van der Waals surface area (Å²) >= 11 is 0. The molecule has 2 rings (SSSR count). The third kappa shape index (κ3) is 3.45. The van der Waals surface area contributed by atoms with E-state index in [1.165, 1.54) is 39.8 Å². The Labute approximate surface area is 135 Å². The van der Waals surface area contributed by atoms with Crippen LogP contribution in [0, 0.1) is 5.82 Å². The van der Waals surface area contributed by atoms with Gasteiger partial charge in [-0.2, -0.15) is 4.31 Å². The van der Waals surface area contributed by atoms with Crippen LogP contribution in [0.5, 0.6) is 0 Å². The molecule has 1 aliphatic heterocycles. The summed E-state index contributed by atoms with van der Waals surface area (Å²) in [5.41, 5.74) is 0.457. The minimum absolute atomic E-state index is 0.0455. The Morgan fingerprint density at radius 1 is 1.26 bits per heavy atom. The van der Waals surface area contributed by atoms with Crippen LogP contribution in [-0.4, -0.2) is 36.0 Å². The maximum absolute atomic E-state index is 13.9. The van der Waals surface area contributed by atoms with Crippen LogP contribution in [0.4, 0.5) is 8.78 Å². The maximum Gasteiger partial charge on any atom is 0.219 e. The van der Waals surface area contributed by atoms with E-state index >= 15 is 0 Å². The van der Waals surface area contributed by atoms with Gasteiger partial charge in [0.15, 0.2) is 5.78 Å². The fourth-order valence-corrected chi connectivity index (χ4v) is 4.29. The van der Waals surface area contributed by atoms with Crippen molar-refractivity contribution < 1.29 is 22.0 Å². The van der Waals surface area contributed by atoms with Crippen LogP contribution in [0.1, 0.15) is 56.1 Å². The van der Waals surface area contributed by atoms with Crippen molar-refractivity contribution >= 4 is 15.8 Å². The second-order valence-corrected chi connectivity index (χ2v) is 9.51. The van der Waals surface area contributed by atoms with Gasteiger partial charge in [0, 0.05) is 18.5 Å². The summed E-state index contributed by atoms with van der Waals surface area (Å²) in [6, 6.07) is 2.90. The van der Waals surface area contributed by atoms with Crippen LogP contribution in [0.25, 0.3) is 0 Å².